The molecule has 0 spiro atoms. The van der Waals surface area contributed by atoms with Gasteiger partial charge in [0.15, 0.2) is 0 Å². The van der Waals surface area contributed by atoms with Gasteiger partial charge in [-0.3, -0.25) is 9.89 Å². The minimum atomic E-state index is -3.62. The number of aromatic amines is 1. The number of nitrogens with zero attached hydrogens (tertiary/aromatic N) is 2. The minimum absolute atomic E-state index is 0.0121. The fraction of sp³-hybridized carbons (Fsp3) is 0.556. The van der Waals surface area contributed by atoms with Crippen LogP contribution in [0.2, 0.25) is 0 Å². The van der Waals surface area contributed by atoms with Gasteiger partial charge in [-0.2, -0.15) is 5.10 Å². The SMILES string of the molecule is NS(=O)(=O)C1CC(=O)N(CCc2ccn[nH]2)C1. The molecular weight excluding hydrogens is 244 g/mol. The van der Waals surface area contributed by atoms with Crippen LogP contribution in [0.3, 0.4) is 0 Å². The molecular formula is C9H14N4O3S. The van der Waals surface area contributed by atoms with Crippen molar-refractivity contribution < 1.29 is 13.2 Å². The standard InChI is InChI=1S/C9H14N4O3S/c10-17(15,16)8-5-9(14)13(6-8)4-2-7-1-3-11-12-7/h1,3,8H,2,4-6H2,(H,11,12)(H2,10,15,16). The van der Waals surface area contributed by atoms with E-state index in [0.717, 1.165) is 5.69 Å². The number of likely N-dealkylation sites (tertiary alicyclic amines) is 1. The first-order valence-electron chi connectivity index (χ1n) is 5.24. The first kappa shape index (κ1) is 12.1. The summed E-state index contributed by atoms with van der Waals surface area (Å²) in [7, 11) is -3.62. The number of nitrogens with two attached hydrogens (primary N) is 1. The van der Waals surface area contributed by atoms with Crippen LogP contribution in [0, 0.1) is 0 Å². The van der Waals surface area contributed by atoms with Gasteiger partial charge in [-0.05, 0) is 6.07 Å². The number of nitrogens with one attached hydrogen (secondary N) is 1. The summed E-state index contributed by atoms with van der Waals surface area (Å²) in [4.78, 5) is 13.1. The van der Waals surface area contributed by atoms with Crippen LogP contribution in [-0.4, -0.2) is 47.8 Å². The van der Waals surface area contributed by atoms with E-state index in [9.17, 15) is 13.2 Å². The third-order valence-corrected chi connectivity index (χ3v) is 4.10. The van der Waals surface area contributed by atoms with Crippen molar-refractivity contribution in [1.29, 1.82) is 0 Å². The van der Waals surface area contributed by atoms with Crippen molar-refractivity contribution in [3.05, 3.63) is 18.0 Å². The molecule has 0 aliphatic carbocycles. The molecule has 1 unspecified atom stereocenters. The maximum absolute atomic E-state index is 11.6. The lowest BCUT2D eigenvalue weighted by Gasteiger charge is -2.15. The van der Waals surface area contributed by atoms with E-state index >= 15 is 0 Å². The second kappa shape index (κ2) is 4.46. The molecule has 1 aromatic rings. The highest BCUT2D eigenvalue weighted by molar-refractivity contribution is 7.89. The number of hydrogen-bond acceptors (Lipinski definition) is 4. The molecule has 1 amide bonds. The fourth-order valence-electron chi connectivity index (χ4n) is 1.85. The van der Waals surface area contributed by atoms with Crippen LogP contribution < -0.4 is 5.14 Å². The maximum Gasteiger partial charge on any atom is 0.224 e. The van der Waals surface area contributed by atoms with E-state index in [1.807, 2.05) is 6.07 Å². The highest BCUT2D eigenvalue weighted by Crippen LogP contribution is 2.16. The molecule has 7 nitrogen and oxygen atoms in total. The Balaban J connectivity index is 1.93. The number of aromatic nitrogens is 2. The zero-order chi connectivity index (χ0) is 12.5. The Labute approximate surface area is 99.0 Å². The van der Waals surface area contributed by atoms with Gasteiger partial charge in [0.1, 0.15) is 5.25 Å². The molecule has 0 radical (unpaired) electrons. The number of carbonyl (C=O) groups excluding carboxylic acids is 1. The fourth-order valence-corrected chi connectivity index (χ4v) is 2.61. The Morgan fingerprint density at radius 1 is 1.59 bits per heavy atom. The summed E-state index contributed by atoms with van der Waals surface area (Å²) in [5.74, 6) is -0.163. The Morgan fingerprint density at radius 3 is 2.88 bits per heavy atom. The van der Waals surface area contributed by atoms with E-state index in [0.29, 0.717) is 13.0 Å². The minimum Gasteiger partial charge on any atom is -0.341 e. The number of H-pyrrole nitrogens is 1. The van der Waals surface area contributed by atoms with Gasteiger partial charge in [0.25, 0.3) is 0 Å². The zero-order valence-electron chi connectivity index (χ0n) is 9.17. The molecule has 1 atom stereocenters. The Bertz CT molecular complexity index is 496. The van der Waals surface area contributed by atoms with E-state index in [1.54, 1.807) is 6.20 Å². The van der Waals surface area contributed by atoms with Crippen LogP contribution in [0.1, 0.15) is 12.1 Å². The van der Waals surface area contributed by atoms with E-state index in [1.165, 1.54) is 4.90 Å². The van der Waals surface area contributed by atoms with Crippen molar-refractivity contribution in [2.45, 2.75) is 18.1 Å². The van der Waals surface area contributed by atoms with Crippen molar-refractivity contribution in [1.82, 2.24) is 15.1 Å². The number of primary sulfonamides is 1. The van der Waals surface area contributed by atoms with Gasteiger partial charge in [0.05, 0.1) is 0 Å². The van der Waals surface area contributed by atoms with Crippen LogP contribution in [0.4, 0.5) is 0 Å². The summed E-state index contributed by atoms with van der Waals surface area (Å²) in [5, 5.41) is 10.8. The molecule has 1 aromatic heterocycles. The van der Waals surface area contributed by atoms with E-state index in [-0.39, 0.29) is 18.9 Å². The van der Waals surface area contributed by atoms with Crippen LogP contribution in [-0.2, 0) is 21.2 Å². The van der Waals surface area contributed by atoms with Gasteiger partial charge in [-0.15, -0.1) is 0 Å². The molecule has 2 heterocycles. The summed E-state index contributed by atoms with van der Waals surface area (Å²) in [6.45, 7) is 0.666. The maximum atomic E-state index is 11.6. The number of sulfonamides is 1. The molecule has 94 valence electrons. The highest BCUT2D eigenvalue weighted by atomic mass is 32.2. The average Bonchev–Trinajstić information content (AvgIpc) is 2.83. The molecule has 2 rings (SSSR count). The number of carbonyl (C=O) groups is 1. The van der Waals surface area contributed by atoms with Crippen molar-refractivity contribution in [3.8, 4) is 0 Å². The first-order valence-corrected chi connectivity index (χ1v) is 6.85. The predicted molar refractivity (Wildman–Crippen MR) is 60.4 cm³/mol. The lowest BCUT2D eigenvalue weighted by atomic mass is 10.3. The summed E-state index contributed by atoms with van der Waals surface area (Å²) in [5.41, 5.74) is 0.914. The summed E-state index contributed by atoms with van der Waals surface area (Å²) < 4.78 is 22.3. The Kier molecular flexibility index (Phi) is 3.16. The van der Waals surface area contributed by atoms with Crippen LogP contribution in [0.25, 0.3) is 0 Å². The summed E-state index contributed by atoms with van der Waals surface area (Å²) in [6, 6.07) is 1.82. The smallest absolute Gasteiger partial charge is 0.224 e. The van der Waals surface area contributed by atoms with Gasteiger partial charge >= 0.3 is 0 Å². The molecule has 0 saturated carbocycles. The Hall–Kier alpha value is -1.41. The quantitative estimate of drug-likeness (QED) is 0.710. The van der Waals surface area contributed by atoms with Crippen molar-refractivity contribution >= 4 is 15.9 Å². The molecule has 1 aliphatic rings. The van der Waals surface area contributed by atoms with Crippen LogP contribution in [0.15, 0.2) is 12.3 Å². The predicted octanol–water partition coefficient (Wildman–Crippen LogP) is -1.16. The topological polar surface area (TPSA) is 109 Å². The van der Waals surface area contributed by atoms with Gasteiger partial charge in [0, 0.05) is 37.8 Å². The second-order valence-corrected chi connectivity index (χ2v) is 5.93. The average molecular weight is 258 g/mol. The van der Waals surface area contributed by atoms with Crippen molar-refractivity contribution in [2.24, 2.45) is 5.14 Å². The first-order chi connectivity index (χ1) is 7.97. The van der Waals surface area contributed by atoms with Crippen LogP contribution in [0.5, 0.6) is 0 Å². The molecule has 1 saturated heterocycles. The highest BCUT2D eigenvalue weighted by Gasteiger charge is 2.35. The van der Waals surface area contributed by atoms with Gasteiger partial charge in [-0.25, -0.2) is 13.6 Å². The normalized spacial score (nSPS) is 21.1. The van der Waals surface area contributed by atoms with Crippen LogP contribution >= 0.6 is 0 Å². The monoisotopic (exact) mass is 258 g/mol. The van der Waals surface area contributed by atoms with Gasteiger partial charge in [-0.1, -0.05) is 0 Å². The van der Waals surface area contributed by atoms with E-state index in [2.05, 4.69) is 10.2 Å². The number of amides is 1. The lowest BCUT2D eigenvalue weighted by molar-refractivity contribution is -0.127. The molecule has 0 bridgehead atoms. The third-order valence-electron chi connectivity index (χ3n) is 2.85. The second-order valence-electron chi connectivity index (χ2n) is 4.09. The Morgan fingerprint density at radius 2 is 2.35 bits per heavy atom. The van der Waals surface area contributed by atoms with E-state index < -0.39 is 15.3 Å². The number of hydrogen-bond donors (Lipinski definition) is 2. The largest absolute Gasteiger partial charge is 0.341 e. The molecule has 1 fully saturated rings. The van der Waals surface area contributed by atoms with Crippen molar-refractivity contribution in [2.75, 3.05) is 13.1 Å². The summed E-state index contributed by atoms with van der Waals surface area (Å²) in [6.07, 6.45) is 2.25. The van der Waals surface area contributed by atoms with E-state index in [4.69, 9.17) is 5.14 Å². The molecule has 17 heavy (non-hydrogen) atoms. The molecule has 3 N–H and O–H groups in total. The number of rotatable bonds is 4. The van der Waals surface area contributed by atoms with Gasteiger partial charge < -0.3 is 4.90 Å². The third kappa shape index (κ3) is 2.83. The lowest BCUT2D eigenvalue weighted by Crippen LogP contribution is -2.33. The molecule has 0 aromatic carbocycles. The molecule has 1 aliphatic heterocycles. The van der Waals surface area contributed by atoms with Gasteiger partial charge in [0.2, 0.25) is 15.9 Å². The molecule has 8 heteroatoms. The zero-order valence-corrected chi connectivity index (χ0v) is 9.98. The van der Waals surface area contributed by atoms with Crippen molar-refractivity contribution in [3.63, 3.8) is 0 Å². The summed E-state index contributed by atoms with van der Waals surface area (Å²) >= 11 is 0.